The van der Waals surface area contributed by atoms with Gasteiger partial charge in [0.2, 0.25) is 0 Å². The first-order valence-electron chi connectivity index (χ1n) is 7.76. The average Bonchev–Trinajstić information content (AvgIpc) is 2.63. The number of rotatable bonds is 4. The molecule has 0 bridgehead atoms. The molecule has 0 spiro atoms. The monoisotopic (exact) mass is 386 g/mol. The molecule has 3 rings (SSSR count). The van der Waals surface area contributed by atoms with E-state index in [9.17, 15) is 0 Å². The van der Waals surface area contributed by atoms with Crippen LogP contribution in [0.25, 0.3) is 0 Å². The molecule has 0 fully saturated rings. The zero-order valence-corrected chi connectivity index (χ0v) is 15.7. The Morgan fingerprint density at radius 3 is 2.16 bits per heavy atom. The molecule has 3 aromatic carbocycles. The van der Waals surface area contributed by atoms with E-state index in [1.807, 2.05) is 59.5 Å². The Bertz CT molecular complexity index is 854. The van der Waals surface area contributed by atoms with Crippen molar-refractivity contribution in [2.24, 2.45) is 0 Å². The molecule has 1 N–H and O–H groups in total. The van der Waals surface area contributed by atoms with E-state index >= 15 is 0 Å². The molecule has 0 saturated carbocycles. The molecule has 0 aliphatic carbocycles. The van der Waals surface area contributed by atoms with E-state index in [1.54, 1.807) is 12.1 Å². The van der Waals surface area contributed by atoms with Crippen molar-refractivity contribution >= 4 is 51.9 Å². The third-order valence-corrected chi connectivity index (χ3v) is 4.54. The standard InChI is InChI=1S/C20H16Cl2N2S/c21-16-11-12-19(18(22)13-16)23-20(25)24(17-9-5-2-6-10-17)14-15-7-3-1-4-8-15/h1-13H,14H2,(H,23,25). The molecule has 2 nitrogen and oxygen atoms in total. The lowest BCUT2D eigenvalue weighted by atomic mass is 10.2. The summed E-state index contributed by atoms with van der Waals surface area (Å²) < 4.78 is 0. The molecule has 0 amide bonds. The quantitative estimate of drug-likeness (QED) is 0.522. The minimum absolute atomic E-state index is 0.530. The fraction of sp³-hybridized carbons (Fsp3) is 0.0500. The van der Waals surface area contributed by atoms with E-state index in [4.69, 9.17) is 35.4 Å². The maximum Gasteiger partial charge on any atom is 0.178 e. The Morgan fingerprint density at radius 2 is 1.52 bits per heavy atom. The molecule has 0 radical (unpaired) electrons. The van der Waals surface area contributed by atoms with Gasteiger partial charge < -0.3 is 10.2 Å². The maximum atomic E-state index is 6.26. The topological polar surface area (TPSA) is 15.3 Å². The van der Waals surface area contributed by atoms with Crippen LogP contribution in [0.4, 0.5) is 11.4 Å². The second kappa shape index (κ2) is 8.34. The second-order valence-electron chi connectivity index (χ2n) is 5.46. The lowest BCUT2D eigenvalue weighted by molar-refractivity contribution is 1.01. The number of thiocarbonyl (C=S) groups is 1. The molecule has 3 aromatic rings. The molecule has 126 valence electrons. The summed E-state index contributed by atoms with van der Waals surface area (Å²) in [6, 6.07) is 25.5. The van der Waals surface area contributed by atoms with E-state index in [0.29, 0.717) is 21.7 Å². The van der Waals surface area contributed by atoms with Crippen LogP contribution >= 0.6 is 35.4 Å². The van der Waals surface area contributed by atoms with Gasteiger partial charge >= 0.3 is 0 Å². The normalized spacial score (nSPS) is 10.3. The molecule has 0 aliphatic rings. The third-order valence-electron chi connectivity index (χ3n) is 3.67. The summed E-state index contributed by atoms with van der Waals surface area (Å²) in [5.41, 5.74) is 2.90. The van der Waals surface area contributed by atoms with Gasteiger partial charge in [0.1, 0.15) is 0 Å². The molecular weight excluding hydrogens is 371 g/mol. The zero-order valence-electron chi connectivity index (χ0n) is 13.3. The van der Waals surface area contributed by atoms with Crippen molar-refractivity contribution in [3.8, 4) is 0 Å². The molecule has 0 unspecified atom stereocenters. The van der Waals surface area contributed by atoms with E-state index in [-0.39, 0.29) is 0 Å². The highest BCUT2D eigenvalue weighted by molar-refractivity contribution is 7.80. The number of anilines is 2. The predicted molar refractivity (Wildman–Crippen MR) is 112 cm³/mol. The third kappa shape index (κ3) is 4.73. The summed E-state index contributed by atoms with van der Waals surface area (Å²) in [5.74, 6) is 0. The fourth-order valence-electron chi connectivity index (χ4n) is 2.43. The molecule has 5 heteroatoms. The summed E-state index contributed by atoms with van der Waals surface area (Å²) >= 11 is 17.9. The first-order valence-corrected chi connectivity index (χ1v) is 8.92. The predicted octanol–water partition coefficient (Wildman–Crippen LogP) is 6.40. The van der Waals surface area contributed by atoms with Crippen molar-refractivity contribution in [3.05, 3.63) is 94.5 Å². The van der Waals surface area contributed by atoms with Crippen LogP contribution in [0.2, 0.25) is 10.0 Å². The van der Waals surface area contributed by atoms with Gasteiger partial charge in [-0.2, -0.15) is 0 Å². The van der Waals surface area contributed by atoms with Gasteiger partial charge in [0, 0.05) is 10.7 Å². The van der Waals surface area contributed by atoms with Crippen LogP contribution in [0.1, 0.15) is 5.56 Å². The van der Waals surface area contributed by atoms with Crippen molar-refractivity contribution in [1.82, 2.24) is 0 Å². The molecule has 0 saturated heterocycles. The number of halogens is 2. The number of hydrogen-bond donors (Lipinski definition) is 1. The Hall–Kier alpha value is -2.07. The second-order valence-corrected chi connectivity index (χ2v) is 6.69. The first-order chi connectivity index (χ1) is 12.1. The lowest BCUT2D eigenvalue weighted by Crippen LogP contribution is -2.34. The van der Waals surface area contributed by atoms with E-state index in [0.717, 1.165) is 16.9 Å². The highest BCUT2D eigenvalue weighted by Gasteiger charge is 2.14. The summed E-state index contributed by atoms with van der Waals surface area (Å²) in [4.78, 5) is 2.04. The molecule has 25 heavy (non-hydrogen) atoms. The minimum Gasteiger partial charge on any atom is -0.331 e. The van der Waals surface area contributed by atoms with E-state index < -0.39 is 0 Å². The van der Waals surface area contributed by atoms with E-state index in [2.05, 4.69) is 17.4 Å². The zero-order chi connectivity index (χ0) is 17.6. The van der Waals surface area contributed by atoms with Crippen LogP contribution in [-0.2, 0) is 6.54 Å². The fourth-order valence-corrected chi connectivity index (χ4v) is 3.16. The SMILES string of the molecule is S=C(Nc1ccc(Cl)cc1Cl)N(Cc1ccccc1)c1ccccc1. The van der Waals surface area contributed by atoms with Crippen LogP contribution < -0.4 is 10.2 Å². The molecule has 0 heterocycles. The van der Waals surface area contributed by atoms with Gasteiger partial charge in [-0.1, -0.05) is 71.7 Å². The van der Waals surface area contributed by atoms with Crippen LogP contribution in [-0.4, -0.2) is 5.11 Å². The number of para-hydroxylation sites is 1. The largest absolute Gasteiger partial charge is 0.331 e. The van der Waals surface area contributed by atoms with Crippen molar-refractivity contribution in [2.45, 2.75) is 6.54 Å². The van der Waals surface area contributed by atoms with Crippen molar-refractivity contribution in [2.75, 3.05) is 10.2 Å². The summed E-state index contributed by atoms with van der Waals surface area (Å²) in [6.45, 7) is 0.655. The van der Waals surface area contributed by atoms with Gasteiger partial charge in [0.25, 0.3) is 0 Å². The summed E-state index contributed by atoms with van der Waals surface area (Å²) in [6.07, 6.45) is 0. The highest BCUT2D eigenvalue weighted by atomic mass is 35.5. The summed E-state index contributed by atoms with van der Waals surface area (Å²) in [7, 11) is 0. The van der Waals surface area contributed by atoms with E-state index in [1.165, 1.54) is 0 Å². The van der Waals surface area contributed by atoms with Gasteiger partial charge in [0.05, 0.1) is 17.3 Å². The number of benzene rings is 3. The smallest absolute Gasteiger partial charge is 0.178 e. The number of hydrogen-bond acceptors (Lipinski definition) is 1. The Labute approximate surface area is 163 Å². The Kier molecular flexibility index (Phi) is 5.92. The average molecular weight is 387 g/mol. The van der Waals surface area contributed by atoms with Crippen molar-refractivity contribution < 1.29 is 0 Å². The summed E-state index contributed by atoms with van der Waals surface area (Å²) in [5, 5.41) is 4.91. The number of nitrogens with zero attached hydrogens (tertiary/aromatic N) is 1. The van der Waals surface area contributed by atoms with Gasteiger partial charge in [-0.05, 0) is 48.1 Å². The van der Waals surface area contributed by atoms with Crippen molar-refractivity contribution in [1.29, 1.82) is 0 Å². The lowest BCUT2D eigenvalue weighted by Gasteiger charge is -2.26. The van der Waals surface area contributed by atoms with Gasteiger partial charge in [-0.15, -0.1) is 0 Å². The molecule has 0 atom stereocenters. The Balaban J connectivity index is 1.87. The molecular formula is C20H16Cl2N2S. The van der Waals surface area contributed by atoms with Gasteiger partial charge in [-0.25, -0.2) is 0 Å². The molecule has 0 aromatic heterocycles. The number of nitrogens with one attached hydrogen (secondary N) is 1. The molecule has 0 aliphatic heterocycles. The maximum absolute atomic E-state index is 6.26. The Morgan fingerprint density at radius 1 is 0.880 bits per heavy atom. The van der Waals surface area contributed by atoms with Crippen LogP contribution in [0.15, 0.2) is 78.9 Å². The highest BCUT2D eigenvalue weighted by Crippen LogP contribution is 2.27. The first kappa shape index (κ1) is 17.7. The van der Waals surface area contributed by atoms with Crippen LogP contribution in [0.5, 0.6) is 0 Å². The minimum atomic E-state index is 0.530. The van der Waals surface area contributed by atoms with Crippen LogP contribution in [0, 0.1) is 0 Å². The van der Waals surface area contributed by atoms with Gasteiger partial charge in [-0.3, -0.25) is 0 Å². The van der Waals surface area contributed by atoms with Gasteiger partial charge in [0.15, 0.2) is 5.11 Å². The van der Waals surface area contributed by atoms with Crippen LogP contribution in [0.3, 0.4) is 0 Å². The van der Waals surface area contributed by atoms with Crippen molar-refractivity contribution in [3.63, 3.8) is 0 Å².